The molecule has 82 valence electrons. The molecule has 3 heteroatoms. The van der Waals surface area contributed by atoms with Gasteiger partial charge >= 0.3 is 0 Å². The molecule has 15 heavy (non-hydrogen) atoms. The number of rotatable bonds is 1. The van der Waals surface area contributed by atoms with Crippen molar-refractivity contribution in [1.82, 2.24) is 0 Å². The fraction of sp³-hybridized carbons (Fsp3) is 0.417. The molecule has 1 aromatic rings. The SMILES string of the molecule is [CH2-][NH+]1CCC(O)(c2cccc(F)c2)CC1. The number of piperidine rings is 1. The fourth-order valence-electron chi connectivity index (χ4n) is 2.08. The maximum absolute atomic E-state index is 13.0. The van der Waals surface area contributed by atoms with Gasteiger partial charge in [0.1, 0.15) is 11.4 Å². The van der Waals surface area contributed by atoms with Crippen LogP contribution in [0.4, 0.5) is 4.39 Å². The molecule has 1 aliphatic heterocycles. The Bertz CT molecular complexity index is 345. The van der Waals surface area contributed by atoms with Crippen LogP contribution >= 0.6 is 0 Å². The van der Waals surface area contributed by atoms with Gasteiger partial charge in [-0.1, -0.05) is 12.1 Å². The first kappa shape index (κ1) is 10.6. The van der Waals surface area contributed by atoms with E-state index < -0.39 is 5.60 Å². The average molecular weight is 209 g/mol. The zero-order chi connectivity index (χ0) is 10.9. The van der Waals surface area contributed by atoms with Crippen molar-refractivity contribution in [3.8, 4) is 0 Å². The number of hydrogen-bond donors (Lipinski definition) is 2. The van der Waals surface area contributed by atoms with Gasteiger partial charge < -0.3 is 10.0 Å². The van der Waals surface area contributed by atoms with E-state index in [0.717, 1.165) is 13.1 Å². The van der Waals surface area contributed by atoms with Gasteiger partial charge in [-0.3, -0.25) is 0 Å². The van der Waals surface area contributed by atoms with Crippen molar-refractivity contribution < 1.29 is 14.4 Å². The van der Waals surface area contributed by atoms with Crippen molar-refractivity contribution in [1.29, 1.82) is 0 Å². The highest BCUT2D eigenvalue weighted by atomic mass is 19.1. The number of likely N-dealkylation sites (tertiary alicyclic amines) is 1. The maximum atomic E-state index is 13.0. The quantitative estimate of drug-likeness (QED) is 0.646. The van der Waals surface area contributed by atoms with Crippen molar-refractivity contribution in [3.63, 3.8) is 0 Å². The van der Waals surface area contributed by atoms with E-state index in [1.165, 1.54) is 17.0 Å². The summed E-state index contributed by atoms with van der Waals surface area (Å²) < 4.78 is 13.0. The minimum absolute atomic E-state index is 0.287. The van der Waals surface area contributed by atoms with Crippen molar-refractivity contribution in [2.45, 2.75) is 18.4 Å². The Hall–Kier alpha value is -0.930. The molecule has 1 fully saturated rings. The van der Waals surface area contributed by atoms with Gasteiger partial charge in [0.15, 0.2) is 0 Å². The second-order valence-corrected chi connectivity index (χ2v) is 4.29. The molecule has 2 N–H and O–H groups in total. The summed E-state index contributed by atoms with van der Waals surface area (Å²) in [5.41, 5.74) is -0.168. The molecule has 2 rings (SSSR count). The Labute approximate surface area is 89.3 Å². The summed E-state index contributed by atoms with van der Waals surface area (Å²) in [6, 6.07) is 6.26. The molecule has 1 aliphatic rings. The lowest BCUT2D eigenvalue weighted by atomic mass is 9.84. The van der Waals surface area contributed by atoms with Crippen molar-refractivity contribution >= 4 is 0 Å². The van der Waals surface area contributed by atoms with Gasteiger partial charge in [-0.2, -0.15) is 7.05 Å². The third kappa shape index (κ3) is 2.19. The van der Waals surface area contributed by atoms with E-state index in [4.69, 9.17) is 0 Å². The summed E-state index contributed by atoms with van der Waals surface area (Å²) in [6.45, 7) is 1.65. The summed E-state index contributed by atoms with van der Waals surface area (Å²) >= 11 is 0. The lowest BCUT2D eigenvalue weighted by molar-refractivity contribution is -0.862. The number of quaternary nitrogens is 1. The van der Waals surface area contributed by atoms with Crippen molar-refractivity contribution in [2.24, 2.45) is 0 Å². The molecule has 1 aromatic carbocycles. The largest absolute Gasteiger partial charge is 0.468 e. The highest BCUT2D eigenvalue weighted by molar-refractivity contribution is 5.23. The molecule has 1 saturated heterocycles. The molecular formula is C12H16FNO. The van der Waals surface area contributed by atoms with Crippen LogP contribution in [-0.2, 0) is 5.60 Å². The van der Waals surface area contributed by atoms with E-state index in [1.54, 1.807) is 12.1 Å². The molecule has 2 nitrogen and oxygen atoms in total. The van der Waals surface area contributed by atoms with Crippen LogP contribution in [-0.4, -0.2) is 18.2 Å². The highest BCUT2D eigenvalue weighted by Gasteiger charge is 2.33. The predicted octanol–water partition coefficient (Wildman–Crippen LogP) is 0.484. The molecule has 0 radical (unpaired) electrons. The lowest BCUT2D eigenvalue weighted by Crippen LogP contribution is -3.08. The lowest BCUT2D eigenvalue weighted by Gasteiger charge is -2.37. The van der Waals surface area contributed by atoms with Crippen LogP contribution in [0.3, 0.4) is 0 Å². The summed E-state index contributed by atoms with van der Waals surface area (Å²) in [5.74, 6) is -0.287. The van der Waals surface area contributed by atoms with Crippen molar-refractivity contribution in [2.75, 3.05) is 13.1 Å². The Balaban J connectivity index is 2.22. The molecule has 0 unspecified atom stereocenters. The van der Waals surface area contributed by atoms with Gasteiger partial charge in [-0.05, 0) is 17.7 Å². The number of aliphatic hydroxyl groups is 1. The summed E-state index contributed by atoms with van der Waals surface area (Å²) in [4.78, 5) is 1.18. The van der Waals surface area contributed by atoms with Crippen LogP contribution in [0.25, 0.3) is 0 Å². The molecule has 0 amide bonds. The molecule has 0 atom stereocenters. The van der Waals surface area contributed by atoms with Crippen LogP contribution in [0.1, 0.15) is 18.4 Å². The van der Waals surface area contributed by atoms with Gasteiger partial charge in [0, 0.05) is 12.8 Å². The second-order valence-electron chi connectivity index (χ2n) is 4.29. The third-order valence-corrected chi connectivity index (χ3v) is 3.15. The molecular weight excluding hydrogens is 193 g/mol. The summed E-state index contributed by atoms with van der Waals surface area (Å²) in [7, 11) is 3.91. The molecule has 0 aliphatic carbocycles. The number of halogens is 1. The minimum atomic E-state index is -0.858. The Kier molecular flexibility index (Phi) is 2.76. The Morgan fingerprint density at radius 3 is 2.60 bits per heavy atom. The normalized spacial score (nSPS) is 31.5. The van der Waals surface area contributed by atoms with E-state index >= 15 is 0 Å². The number of nitrogens with one attached hydrogen (secondary N) is 1. The van der Waals surface area contributed by atoms with E-state index in [-0.39, 0.29) is 5.82 Å². The molecule has 0 bridgehead atoms. The van der Waals surface area contributed by atoms with Gasteiger partial charge in [0.05, 0.1) is 13.1 Å². The van der Waals surface area contributed by atoms with Gasteiger partial charge in [0.25, 0.3) is 0 Å². The van der Waals surface area contributed by atoms with E-state index in [9.17, 15) is 9.50 Å². The van der Waals surface area contributed by atoms with E-state index in [0.29, 0.717) is 18.4 Å². The smallest absolute Gasteiger partial charge is 0.123 e. The Morgan fingerprint density at radius 1 is 1.33 bits per heavy atom. The fourth-order valence-corrected chi connectivity index (χ4v) is 2.08. The van der Waals surface area contributed by atoms with E-state index in [1.807, 2.05) is 0 Å². The summed E-state index contributed by atoms with van der Waals surface area (Å²) in [6.07, 6.45) is 1.30. The van der Waals surface area contributed by atoms with Crippen LogP contribution in [0.2, 0.25) is 0 Å². The maximum Gasteiger partial charge on any atom is 0.123 e. The molecule has 0 spiro atoms. The summed E-state index contributed by atoms with van der Waals surface area (Å²) in [5, 5.41) is 10.4. The predicted molar refractivity (Wildman–Crippen MR) is 55.6 cm³/mol. The monoisotopic (exact) mass is 209 g/mol. The van der Waals surface area contributed by atoms with E-state index in [2.05, 4.69) is 7.05 Å². The second kappa shape index (κ2) is 3.91. The third-order valence-electron chi connectivity index (χ3n) is 3.15. The first-order chi connectivity index (χ1) is 7.10. The molecule has 0 aromatic heterocycles. The molecule has 1 heterocycles. The van der Waals surface area contributed by atoms with Gasteiger partial charge in [-0.25, -0.2) is 4.39 Å². The Morgan fingerprint density at radius 2 is 2.00 bits per heavy atom. The van der Waals surface area contributed by atoms with Crippen LogP contribution < -0.4 is 4.90 Å². The zero-order valence-electron chi connectivity index (χ0n) is 8.67. The topological polar surface area (TPSA) is 24.7 Å². The zero-order valence-corrected chi connectivity index (χ0v) is 8.67. The average Bonchev–Trinajstić information content (AvgIpc) is 2.23. The number of hydrogen-bond acceptors (Lipinski definition) is 1. The van der Waals surface area contributed by atoms with Gasteiger partial charge in [-0.15, -0.1) is 0 Å². The number of benzene rings is 1. The molecule has 0 saturated carbocycles. The van der Waals surface area contributed by atoms with Gasteiger partial charge in [0.2, 0.25) is 0 Å². The first-order valence-electron chi connectivity index (χ1n) is 5.25. The van der Waals surface area contributed by atoms with Crippen LogP contribution in [0.15, 0.2) is 24.3 Å². The van der Waals surface area contributed by atoms with Crippen LogP contribution in [0, 0.1) is 12.9 Å². The highest BCUT2D eigenvalue weighted by Crippen LogP contribution is 2.29. The standard InChI is InChI=1S/C12H16FNO/c1-14-7-5-12(15,6-8-14)10-3-2-4-11(13)9-10/h2-4,9,14-15H,1,5-8H2. The van der Waals surface area contributed by atoms with Crippen LogP contribution in [0.5, 0.6) is 0 Å². The first-order valence-corrected chi connectivity index (χ1v) is 5.25. The minimum Gasteiger partial charge on any atom is -0.468 e. The van der Waals surface area contributed by atoms with Crippen molar-refractivity contribution in [3.05, 3.63) is 42.7 Å².